The van der Waals surface area contributed by atoms with Gasteiger partial charge >= 0.3 is 5.97 Å². The second kappa shape index (κ2) is 2.74. The molecule has 0 amide bonds. The molecule has 0 aliphatic carbocycles. The summed E-state index contributed by atoms with van der Waals surface area (Å²) in [6.45, 7) is -0.473. The molecule has 0 rings (SSSR count). The highest BCUT2D eigenvalue weighted by Gasteiger charge is 2.36. The SMILES string of the molecule is NCC(=O)C(N)(N)C(=O)O. The Morgan fingerprint density at radius 1 is 1.40 bits per heavy atom. The van der Waals surface area contributed by atoms with Gasteiger partial charge in [-0.25, -0.2) is 4.79 Å². The predicted octanol–water partition coefficient (Wildman–Crippen LogP) is -2.79. The number of carboxylic acids is 1. The molecule has 0 heterocycles. The molecule has 0 aliphatic rings. The van der Waals surface area contributed by atoms with Gasteiger partial charge in [0.15, 0.2) is 5.78 Å². The molecule has 0 radical (unpaired) electrons. The summed E-state index contributed by atoms with van der Waals surface area (Å²) in [5.74, 6) is -2.48. The maximum atomic E-state index is 10.5. The standard InChI is InChI=1S/C4H9N3O3/c5-1-2(8)4(6,7)3(9)10/h1,5-7H2,(H,9,10). The van der Waals surface area contributed by atoms with E-state index in [-0.39, 0.29) is 0 Å². The van der Waals surface area contributed by atoms with Crippen LogP contribution in [0.2, 0.25) is 0 Å². The second-order valence-electron chi connectivity index (χ2n) is 1.80. The number of Topliss-reactive ketones (excluding diaryl/α,β-unsaturated/α-hetero) is 1. The Labute approximate surface area is 57.0 Å². The maximum Gasteiger partial charge on any atom is 0.346 e. The van der Waals surface area contributed by atoms with Crippen LogP contribution in [0.4, 0.5) is 0 Å². The Bertz CT molecular complexity index is 165. The van der Waals surface area contributed by atoms with Crippen LogP contribution in [0.25, 0.3) is 0 Å². The molecule has 0 unspecified atom stereocenters. The monoisotopic (exact) mass is 147 g/mol. The van der Waals surface area contributed by atoms with Crippen LogP contribution in [-0.2, 0) is 9.59 Å². The number of carbonyl (C=O) groups excluding carboxylic acids is 1. The molecule has 0 aliphatic heterocycles. The van der Waals surface area contributed by atoms with Crippen LogP contribution in [-0.4, -0.2) is 29.1 Å². The fourth-order valence-corrected chi connectivity index (χ4v) is 0.288. The van der Waals surface area contributed by atoms with Crippen LogP contribution in [0.5, 0.6) is 0 Å². The fraction of sp³-hybridized carbons (Fsp3) is 0.500. The zero-order chi connectivity index (χ0) is 8.36. The third kappa shape index (κ3) is 1.50. The van der Waals surface area contributed by atoms with Gasteiger partial charge in [0.25, 0.3) is 0 Å². The molecule has 6 heteroatoms. The van der Waals surface area contributed by atoms with Crippen molar-refractivity contribution in [2.24, 2.45) is 17.2 Å². The average Bonchev–Trinajstić information content (AvgIpc) is 1.86. The highest BCUT2D eigenvalue weighted by atomic mass is 16.4. The third-order valence-corrected chi connectivity index (χ3v) is 1.00. The topological polar surface area (TPSA) is 132 Å². The van der Waals surface area contributed by atoms with Gasteiger partial charge in [0.2, 0.25) is 5.66 Å². The van der Waals surface area contributed by atoms with Gasteiger partial charge in [-0.3, -0.25) is 16.3 Å². The first kappa shape index (κ1) is 9.02. The summed E-state index contributed by atoms with van der Waals surface area (Å²) in [6.07, 6.45) is 0. The highest BCUT2D eigenvalue weighted by molar-refractivity contribution is 6.07. The largest absolute Gasteiger partial charge is 0.479 e. The van der Waals surface area contributed by atoms with E-state index in [0.29, 0.717) is 0 Å². The summed E-state index contributed by atoms with van der Waals surface area (Å²) in [6, 6.07) is 0. The molecule has 0 fully saturated rings. The van der Waals surface area contributed by atoms with Crippen LogP contribution in [0.3, 0.4) is 0 Å². The summed E-state index contributed by atoms with van der Waals surface area (Å²) in [4.78, 5) is 20.6. The van der Waals surface area contributed by atoms with Gasteiger partial charge in [-0.05, 0) is 0 Å². The molecule has 0 bridgehead atoms. The molecule has 7 N–H and O–H groups in total. The number of carbonyl (C=O) groups is 2. The lowest BCUT2D eigenvalue weighted by atomic mass is 10.1. The Morgan fingerprint density at radius 2 is 1.80 bits per heavy atom. The van der Waals surface area contributed by atoms with Gasteiger partial charge in [-0.2, -0.15) is 0 Å². The van der Waals surface area contributed by atoms with Crippen molar-refractivity contribution in [2.45, 2.75) is 5.66 Å². The number of nitrogens with two attached hydrogens (primary N) is 3. The summed E-state index contributed by atoms with van der Waals surface area (Å²) in [7, 11) is 0. The number of ketones is 1. The van der Waals surface area contributed by atoms with E-state index in [1.807, 2.05) is 0 Å². The summed E-state index contributed by atoms with van der Waals surface area (Å²) in [5.41, 5.74) is 12.2. The summed E-state index contributed by atoms with van der Waals surface area (Å²) < 4.78 is 0. The lowest BCUT2D eigenvalue weighted by Crippen LogP contribution is -2.64. The van der Waals surface area contributed by atoms with Gasteiger partial charge < -0.3 is 10.8 Å². The quantitative estimate of drug-likeness (QED) is 0.252. The average molecular weight is 147 g/mol. The van der Waals surface area contributed by atoms with Crippen molar-refractivity contribution in [3.05, 3.63) is 0 Å². The lowest BCUT2D eigenvalue weighted by molar-refractivity contribution is -0.147. The molecule has 0 aromatic rings. The molecule has 0 aromatic carbocycles. The van der Waals surface area contributed by atoms with Crippen molar-refractivity contribution in [2.75, 3.05) is 6.54 Å². The van der Waals surface area contributed by atoms with Crippen LogP contribution in [0.15, 0.2) is 0 Å². The minimum Gasteiger partial charge on any atom is -0.479 e. The lowest BCUT2D eigenvalue weighted by Gasteiger charge is -2.15. The fourth-order valence-electron chi connectivity index (χ4n) is 0.288. The molecule has 0 atom stereocenters. The van der Waals surface area contributed by atoms with Gasteiger partial charge in [0, 0.05) is 0 Å². The number of hydrogen-bond acceptors (Lipinski definition) is 5. The minimum atomic E-state index is -2.34. The predicted molar refractivity (Wildman–Crippen MR) is 32.8 cm³/mol. The number of rotatable bonds is 3. The molecule has 0 aromatic heterocycles. The van der Waals surface area contributed by atoms with Crippen molar-refractivity contribution < 1.29 is 14.7 Å². The molecular weight excluding hydrogens is 138 g/mol. The zero-order valence-electron chi connectivity index (χ0n) is 5.20. The van der Waals surface area contributed by atoms with Crippen molar-refractivity contribution in [1.82, 2.24) is 0 Å². The molecule has 0 saturated carbocycles. The van der Waals surface area contributed by atoms with Crippen LogP contribution < -0.4 is 17.2 Å². The number of hydrogen-bond donors (Lipinski definition) is 4. The maximum absolute atomic E-state index is 10.5. The van der Waals surface area contributed by atoms with Crippen LogP contribution in [0, 0.1) is 0 Å². The third-order valence-electron chi connectivity index (χ3n) is 1.00. The Hall–Kier alpha value is -0.980. The molecule has 6 nitrogen and oxygen atoms in total. The van der Waals surface area contributed by atoms with E-state index in [0.717, 1.165) is 0 Å². The Balaban J connectivity index is 4.40. The second-order valence-corrected chi connectivity index (χ2v) is 1.80. The molecule has 0 spiro atoms. The molecular formula is C4H9N3O3. The summed E-state index contributed by atoms with van der Waals surface area (Å²) in [5, 5.41) is 8.22. The minimum absolute atomic E-state index is 0.473. The molecule has 10 heavy (non-hydrogen) atoms. The smallest absolute Gasteiger partial charge is 0.346 e. The van der Waals surface area contributed by atoms with E-state index in [9.17, 15) is 9.59 Å². The Morgan fingerprint density at radius 3 is 1.90 bits per heavy atom. The normalized spacial score (nSPS) is 11.1. The van der Waals surface area contributed by atoms with E-state index < -0.39 is 24.0 Å². The van der Waals surface area contributed by atoms with E-state index in [2.05, 4.69) is 0 Å². The van der Waals surface area contributed by atoms with E-state index in [1.54, 1.807) is 0 Å². The molecule has 0 saturated heterocycles. The van der Waals surface area contributed by atoms with Crippen molar-refractivity contribution in [3.8, 4) is 0 Å². The van der Waals surface area contributed by atoms with Crippen molar-refractivity contribution in [3.63, 3.8) is 0 Å². The first-order valence-electron chi connectivity index (χ1n) is 2.47. The van der Waals surface area contributed by atoms with Gasteiger partial charge in [0.1, 0.15) is 0 Å². The van der Waals surface area contributed by atoms with Gasteiger partial charge in [0.05, 0.1) is 6.54 Å². The van der Waals surface area contributed by atoms with Crippen molar-refractivity contribution in [1.29, 1.82) is 0 Å². The van der Waals surface area contributed by atoms with Crippen LogP contribution >= 0.6 is 0 Å². The van der Waals surface area contributed by atoms with E-state index in [4.69, 9.17) is 22.3 Å². The summed E-state index contributed by atoms with van der Waals surface area (Å²) >= 11 is 0. The Kier molecular flexibility index (Phi) is 2.47. The number of aliphatic carboxylic acids is 1. The van der Waals surface area contributed by atoms with Crippen molar-refractivity contribution >= 4 is 11.8 Å². The zero-order valence-corrected chi connectivity index (χ0v) is 5.20. The van der Waals surface area contributed by atoms with Gasteiger partial charge in [-0.1, -0.05) is 0 Å². The first-order valence-corrected chi connectivity index (χ1v) is 2.47. The van der Waals surface area contributed by atoms with Gasteiger partial charge in [-0.15, -0.1) is 0 Å². The highest BCUT2D eigenvalue weighted by Crippen LogP contribution is 1.90. The van der Waals surface area contributed by atoms with E-state index in [1.165, 1.54) is 0 Å². The number of carboxylic acid groups (broad SMARTS) is 1. The van der Waals surface area contributed by atoms with Crippen LogP contribution in [0.1, 0.15) is 0 Å². The molecule has 58 valence electrons. The first-order chi connectivity index (χ1) is 4.42. The van der Waals surface area contributed by atoms with E-state index >= 15 is 0 Å².